The Bertz CT molecular complexity index is 821. The van der Waals surface area contributed by atoms with E-state index in [0.29, 0.717) is 15.0 Å². The number of Topliss-reactive ketones (excluding diaryl/α,β-unsaturated/α-hetero) is 1. The molecule has 0 radical (unpaired) electrons. The predicted molar refractivity (Wildman–Crippen MR) is 95.7 cm³/mol. The number of thioether (sulfide) groups is 1. The number of nitrogens with one attached hydrogen (secondary N) is 1. The largest absolute Gasteiger partial charge is 0.330 e. The molecule has 1 N–H and O–H groups in total. The fourth-order valence-electron chi connectivity index (χ4n) is 2.01. The summed E-state index contributed by atoms with van der Waals surface area (Å²) in [7, 11) is 0. The van der Waals surface area contributed by atoms with Crippen molar-refractivity contribution < 1.29 is 9.18 Å². The van der Waals surface area contributed by atoms with Gasteiger partial charge in [-0.1, -0.05) is 41.3 Å². The van der Waals surface area contributed by atoms with Crippen LogP contribution in [0, 0.1) is 5.82 Å². The third-order valence-corrected chi connectivity index (χ3v) is 5.23. The van der Waals surface area contributed by atoms with Crippen molar-refractivity contribution in [2.75, 3.05) is 5.32 Å². The molecule has 0 amide bonds. The van der Waals surface area contributed by atoms with E-state index < -0.39 is 0 Å². The molecule has 122 valence electrons. The number of nitrogens with zero attached hydrogens (tertiary/aromatic N) is 2. The van der Waals surface area contributed by atoms with E-state index in [4.69, 9.17) is 0 Å². The second-order valence-corrected chi connectivity index (χ2v) is 7.56. The van der Waals surface area contributed by atoms with Crippen molar-refractivity contribution in [2.45, 2.75) is 16.5 Å². The van der Waals surface area contributed by atoms with E-state index in [2.05, 4.69) is 15.5 Å². The Hall–Kier alpha value is -2.25. The van der Waals surface area contributed by atoms with Gasteiger partial charge in [-0.25, -0.2) is 4.39 Å². The quantitative estimate of drug-likeness (QED) is 0.507. The molecule has 0 aliphatic carbocycles. The number of ketones is 1. The number of para-hydroxylation sites is 1. The predicted octanol–water partition coefficient (Wildman–Crippen LogP) is 4.78. The maximum Gasteiger partial charge on any atom is 0.210 e. The highest BCUT2D eigenvalue weighted by atomic mass is 32.2. The normalized spacial score (nSPS) is 11.9. The summed E-state index contributed by atoms with van der Waals surface area (Å²) in [5, 5.41) is 11.7. The first-order chi connectivity index (χ1) is 11.6. The van der Waals surface area contributed by atoms with Crippen LogP contribution in [0.25, 0.3) is 0 Å². The number of anilines is 2. The first kappa shape index (κ1) is 16.6. The molecular weight excluding hydrogens is 345 g/mol. The van der Waals surface area contributed by atoms with Crippen LogP contribution in [0.2, 0.25) is 0 Å². The number of benzene rings is 2. The lowest BCUT2D eigenvalue weighted by molar-refractivity contribution is 0.0994. The fourth-order valence-corrected chi connectivity index (χ4v) is 4.00. The standard InChI is InChI=1S/C17H14FN3OS2/c1-11(15(22)12-7-9-13(18)10-8-12)23-17-21-20-16(24-17)19-14-5-3-2-4-6-14/h2-11H,1H3,(H,19,20)/t11-/m0/s1. The number of carbonyl (C=O) groups excluding carboxylic acids is 1. The summed E-state index contributed by atoms with van der Waals surface area (Å²) in [6, 6.07) is 15.3. The van der Waals surface area contributed by atoms with Gasteiger partial charge in [-0.05, 0) is 43.3 Å². The van der Waals surface area contributed by atoms with Crippen LogP contribution >= 0.6 is 23.1 Å². The van der Waals surface area contributed by atoms with E-state index in [9.17, 15) is 9.18 Å². The van der Waals surface area contributed by atoms with E-state index in [0.717, 1.165) is 5.69 Å². The van der Waals surface area contributed by atoms with Crippen molar-refractivity contribution in [2.24, 2.45) is 0 Å². The zero-order valence-electron chi connectivity index (χ0n) is 12.8. The summed E-state index contributed by atoms with van der Waals surface area (Å²) in [6.07, 6.45) is 0. The summed E-state index contributed by atoms with van der Waals surface area (Å²) >= 11 is 2.73. The Kier molecular flexibility index (Phi) is 5.22. The van der Waals surface area contributed by atoms with Crippen LogP contribution in [0.4, 0.5) is 15.2 Å². The average Bonchev–Trinajstić information content (AvgIpc) is 3.02. The van der Waals surface area contributed by atoms with Gasteiger partial charge in [0.25, 0.3) is 0 Å². The number of rotatable bonds is 6. The first-order valence-electron chi connectivity index (χ1n) is 7.24. The van der Waals surface area contributed by atoms with Gasteiger partial charge in [-0.15, -0.1) is 10.2 Å². The summed E-state index contributed by atoms with van der Waals surface area (Å²) in [4.78, 5) is 12.4. The molecule has 0 aliphatic heterocycles. The van der Waals surface area contributed by atoms with Crippen molar-refractivity contribution in [3.63, 3.8) is 0 Å². The highest BCUT2D eigenvalue weighted by Gasteiger charge is 2.19. The highest BCUT2D eigenvalue weighted by Crippen LogP contribution is 2.31. The third-order valence-electron chi connectivity index (χ3n) is 3.21. The van der Waals surface area contributed by atoms with Crippen LogP contribution in [-0.4, -0.2) is 21.2 Å². The zero-order valence-corrected chi connectivity index (χ0v) is 14.4. The lowest BCUT2D eigenvalue weighted by Gasteiger charge is -2.07. The van der Waals surface area contributed by atoms with Crippen LogP contribution in [0.5, 0.6) is 0 Å². The summed E-state index contributed by atoms with van der Waals surface area (Å²) in [6.45, 7) is 1.81. The Labute approximate surface area is 147 Å². The molecule has 3 aromatic rings. The van der Waals surface area contributed by atoms with E-state index >= 15 is 0 Å². The molecule has 4 nitrogen and oxygen atoms in total. The number of halogens is 1. The summed E-state index contributed by atoms with van der Waals surface area (Å²) in [5.41, 5.74) is 1.42. The molecule has 7 heteroatoms. The van der Waals surface area contributed by atoms with Crippen LogP contribution in [-0.2, 0) is 0 Å². The second-order valence-electron chi connectivity index (χ2n) is 5.00. The lowest BCUT2D eigenvalue weighted by atomic mass is 10.1. The van der Waals surface area contributed by atoms with Crippen LogP contribution < -0.4 is 5.32 Å². The van der Waals surface area contributed by atoms with Crippen molar-refractivity contribution in [3.05, 3.63) is 66.0 Å². The number of aromatic nitrogens is 2. The minimum Gasteiger partial charge on any atom is -0.330 e. The Morgan fingerprint density at radius 1 is 1.12 bits per heavy atom. The van der Waals surface area contributed by atoms with E-state index in [-0.39, 0.29) is 16.9 Å². The molecule has 0 spiro atoms. The zero-order chi connectivity index (χ0) is 16.9. The summed E-state index contributed by atoms with van der Waals surface area (Å²) in [5.74, 6) is -0.416. The lowest BCUT2D eigenvalue weighted by Crippen LogP contribution is -2.13. The Balaban J connectivity index is 1.63. The van der Waals surface area contributed by atoms with Gasteiger partial charge in [0, 0.05) is 11.3 Å². The highest BCUT2D eigenvalue weighted by molar-refractivity contribution is 8.02. The summed E-state index contributed by atoms with van der Waals surface area (Å²) < 4.78 is 13.6. The molecule has 1 aromatic heterocycles. The Morgan fingerprint density at radius 2 is 1.83 bits per heavy atom. The molecule has 2 aromatic carbocycles. The SMILES string of the molecule is C[C@H](Sc1nnc(Nc2ccccc2)s1)C(=O)c1ccc(F)cc1. The molecule has 3 rings (SSSR count). The van der Waals surface area contributed by atoms with Gasteiger partial charge in [-0.2, -0.15) is 0 Å². The van der Waals surface area contributed by atoms with Crippen molar-refractivity contribution >= 4 is 39.7 Å². The van der Waals surface area contributed by atoms with Gasteiger partial charge in [0.15, 0.2) is 10.1 Å². The minimum absolute atomic E-state index is 0.0623. The van der Waals surface area contributed by atoms with Crippen molar-refractivity contribution in [1.82, 2.24) is 10.2 Å². The smallest absolute Gasteiger partial charge is 0.210 e. The molecule has 24 heavy (non-hydrogen) atoms. The van der Waals surface area contributed by atoms with Gasteiger partial charge < -0.3 is 5.32 Å². The van der Waals surface area contributed by atoms with Crippen molar-refractivity contribution in [1.29, 1.82) is 0 Å². The number of hydrogen-bond donors (Lipinski definition) is 1. The van der Waals surface area contributed by atoms with Crippen LogP contribution in [0.15, 0.2) is 58.9 Å². The van der Waals surface area contributed by atoms with E-state index in [1.54, 1.807) is 0 Å². The minimum atomic E-state index is -0.354. The van der Waals surface area contributed by atoms with E-state index in [1.165, 1.54) is 47.4 Å². The van der Waals surface area contributed by atoms with Crippen LogP contribution in [0.1, 0.15) is 17.3 Å². The van der Waals surface area contributed by atoms with Crippen LogP contribution in [0.3, 0.4) is 0 Å². The molecule has 0 bridgehead atoms. The first-order valence-corrected chi connectivity index (χ1v) is 8.93. The van der Waals surface area contributed by atoms with Gasteiger partial charge >= 0.3 is 0 Å². The maximum absolute atomic E-state index is 12.9. The third kappa shape index (κ3) is 4.18. The number of hydrogen-bond acceptors (Lipinski definition) is 6. The Morgan fingerprint density at radius 3 is 2.54 bits per heavy atom. The molecule has 0 saturated carbocycles. The molecule has 1 atom stereocenters. The maximum atomic E-state index is 12.9. The van der Waals surface area contributed by atoms with Gasteiger partial charge in [0.1, 0.15) is 5.82 Å². The van der Waals surface area contributed by atoms with Gasteiger partial charge in [-0.3, -0.25) is 4.79 Å². The topological polar surface area (TPSA) is 54.9 Å². The molecular formula is C17H14FN3OS2. The monoisotopic (exact) mass is 359 g/mol. The molecule has 1 heterocycles. The fraction of sp³-hybridized carbons (Fsp3) is 0.118. The number of carbonyl (C=O) groups is 1. The second kappa shape index (κ2) is 7.55. The van der Waals surface area contributed by atoms with Gasteiger partial charge in [0.2, 0.25) is 5.13 Å². The molecule has 0 saturated heterocycles. The van der Waals surface area contributed by atoms with Gasteiger partial charge in [0.05, 0.1) is 5.25 Å². The molecule has 0 aliphatic rings. The molecule has 0 unspecified atom stereocenters. The average molecular weight is 359 g/mol. The molecule has 0 fully saturated rings. The van der Waals surface area contributed by atoms with E-state index in [1.807, 2.05) is 37.3 Å². The van der Waals surface area contributed by atoms with Crippen molar-refractivity contribution in [3.8, 4) is 0 Å².